The van der Waals surface area contributed by atoms with Gasteiger partial charge in [-0.05, 0) is 69.5 Å². The molecule has 5 nitrogen and oxygen atoms in total. The number of rotatable bonds is 10. The number of hydrogen-bond donors (Lipinski definition) is 0. The topological polar surface area (TPSA) is 54.0 Å². The zero-order chi connectivity index (χ0) is 25.7. The lowest BCUT2D eigenvalue weighted by Gasteiger charge is -2.39. The maximum atomic E-state index is 12.9. The van der Waals surface area contributed by atoms with Gasteiger partial charge in [0.25, 0.3) is 0 Å². The van der Waals surface area contributed by atoms with E-state index in [2.05, 4.69) is 76.4 Å². The van der Waals surface area contributed by atoms with Gasteiger partial charge in [0.1, 0.15) is 12.2 Å². The Labute approximate surface area is 221 Å². The molecule has 5 atom stereocenters. The van der Waals surface area contributed by atoms with Gasteiger partial charge in [0.15, 0.2) is 14.1 Å². The standard InChI is InChI=1S/C27H43IO5Si/c1-19(20(2)33-34(8,9)26(3,4)5)15-16-22(30-25(29)21-13-11-10-12-14-21)24-23(17-18-28)31-27(6,7)32-24/h10-16,19-20,22-24H,17-18H2,1-9H3/b16-15-/t19-,20-,22?,23+,24-/m0/s1. The highest BCUT2D eigenvalue weighted by Gasteiger charge is 2.45. The van der Waals surface area contributed by atoms with Crippen LogP contribution in [0.2, 0.25) is 18.1 Å². The average molecular weight is 603 g/mol. The molecule has 1 fully saturated rings. The number of halogens is 1. The molecule has 1 saturated heterocycles. The van der Waals surface area contributed by atoms with Crippen molar-refractivity contribution in [1.82, 2.24) is 0 Å². The fourth-order valence-electron chi connectivity index (χ4n) is 3.64. The lowest BCUT2D eigenvalue weighted by Crippen LogP contribution is -2.44. The van der Waals surface area contributed by atoms with Gasteiger partial charge in [-0.25, -0.2) is 4.79 Å². The number of carbonyl (C=O) groups excluding carboxylic acids is 1. The molecule has 2 rings (SSSR count). The highest BCUT2D eigenvalue weighted by atomic mass is 127. The van der Waals surface area contributed by atoms with Gasteiger partial charge in [-0.2, -0.15) is 0 Å². The molecule has 1 unspecified atom stereocenters. The summed E-state index contributed by atoms with van der Waals surface area (Å²) in [6, 6.07) is 9.08. The first-order valence-electron chi connectivity index (χ1n) is 12.2. The molecule has 0 N–H and O–H groups in total. The van der Waals surface area contributed by atoms with E-state index in [1.165, 1.54) is 0 Å². The lowest BCUT2D eigenvalue weighted by atomic mass is 10.0. The van der Waals surface area contributed by atoms with Crippen LogP contribution in [0, 0.1) is 5.92 Å². The van der Waals surface area contributed by atoms with Crippen molar-refractivity contribution in [2.75, 3.05) is 4.43 Å². The van der Waals surface area contributed by atoms with E-state index >= 15 is 0 Å². The second kappa shape index (κ2) is 12.0. The molecule has 0 saturated carbocycles. The summed E-state index contributed by atoms with van der Waals surface area (Å²) in [5.41, 5.74) is 0.521. The summed E-state index contributed by atoms with van der Waals surface area (Å²) in [5, 5.41) is 0.145. The summed E-state index contributed by atoms with van der Waals surface area (Å²) in [4.78, 5) is 12.9. The van der Waals surface area contributed by atoms with Crippen LogP contribution in [0.5, 0.6) is 0 Å². The van der Waals surface area contributed by atoms with Crippen LogP contribution in [0.1, 0.15) is 65.2 Å². The van der Waals surface area contributed by atoms with Crippen LogP contribution in [0.15, 0.2) is 42.5 Å². The zero-order valence-electron chi connectivity index (χ0n) is 22.3. The van der Waals surface area contributed by atoms with Crippen molar-refractivity contribution in [3.8, 4) is 0 Å². The Kier molecular flexibility index (Phi) is 10.4. The highest BCUT2D eigenvalue weighted by molar-refractivity contribution is 14.1. The van der Waals surface area contributed by atoms with Gasteiger partial charge >= 0.3 is 5.97 Å². The first kappa shape index (κ1) is 29.5. The normalized spacial score (nSPS) is 23.6. The maximum absolute atomic E-state index is 12.9. The molecule has 1 aromatic carbocycles. The van der Waals surface area contributed by atoms with E-state index in [1.54, 1.807) is 12.1 Å². The highest BCUT2D eigenvalue weighted by Crippen LogP contribution is 2.38. The van der Waals surface area contributed by atoms with E-state index in [1.807, 2.05) is 38.1 Å². The molecule has 1 aliphatic heterocycles. The van der Waals surface area contributed by atoms with Crippen molar-refractivity contribution in [3.05, 3.63) is 48.0 Å². The fourth-order valence-corrected chi connectivity index (χ4v) is 5.76. The molecular formula is C27H43IO5Si. The number of esters is 1. The van der Waals surface area contributed by atoms with Crippen molar-refractivity contribution < 1.29 is 23.4 Å². The lowest BCUT2D eigenvalue weighted by molar-refractivity contribution is -0.153. The molecule has 1 aromatic rings. The Morgan fingerprint density at radius 2 is 1.76 bits per heavy atom. The molecule has 0 radical (unpaired) electrons. The molecule has 192 valence electrons. The first-order valence-corrected chi connectivity index (χ1v) is 16.6. The summed E-state index contributed by atoms with van der Waals surface area (Å²) in [7, 11) is -1.89. The number of alkyl halides is 1. The Hall–Kier alpha value is -0.743. The van der Waals surface area contributed by atoms with Crippen molar-refractivity contribution in [3.63, 3.8) is 0 Å². The van der Waals surface area contributed by atoms with Crippen LogP contribution in [-0.4, -0.2) is 48.9 Å². The zero-order valence-corrected chi connectivity index (χ0v) is 25.4. The summed E-state index contributed by atoms with van der Waals surface area (Å²) < 4.78 is 25.9. The van der Waals surface area contributed by atoms with Gasteiger partial charge in [0.2, 0.25) is 0 Å². The second-order valence-electron chi connectivity index (χ2n) is 11.2. The van der Waals surface area contributed by atoms with E-state index in [0.717, 1.165) is 10.8 Å². The number of hydrogen-bond acceptors (Lipinski definition) is 5. The molecule has 0 amide bonds. The molecule has 34 heavy (non-hydrogen) atoms. The van der Waals surface area contributed by atoms with Crippen LogP contribution >= 0.6 is 22.6 Å². The predicted octanol–water partition coefficient (Wildman–Crippen LogP) is 7.16. The summed E-state index contributed by atoms with van der Waals surface area (Å²) in [5.74, 6) is -0.947. The van der Waals surface area contributed by atoms with Gasteiger partial charge in [0.05, 0.1) is 11.7 Å². The summed E-state index contributed by atoms with van der Waals surface area (Å²) >= 11 is 2.34. The third-order valence-corrected chi connectivity index (χ3v) is 12.0. The molecule has 0 aromatic heterocycles. The molecule has 7 heteroatoms. The predicted molar refractivity (Wildman–Crippen MR) is 149 cm³/mol. The Bertz CT molecular complexity index is 818. The maximum Gasteiger partial charge on any atom is 0.338 e. The van der Waals surface area contributed by atoms with Crippen LogP contribution < -0.4 is 0 Å². The molecule has 0 bridgehead atoms. The first-order chi connectivity index (χ1) is 15.7. The SMILES string of the molecule is C[C@H](O[Si](C)(C)C(C)(C)C)[C@@H](C)/C=C\C(OC(=O)c1ccccc1)[C@@H]1OC(C)(C)O[C@@H]1CCI. The van der Waals surface area contributed by atoms with Crippen molar-refractivity contribution in [2.24, 2.45) is 5.92 Å². The minimum Gasteiger partial charge on any atom is -0.452 e. The van der Waals surface area contributed by atoms with Crippen LogP contribution in [0.3, 0.4) is 0 Å². The van der Waals surface area contributed by atoms with Gasteiger partial charge < -0.3 is 18.6 Å². The van der Waals surface area contributed by atoms with Crippen LogP contribution in [0.4, 0.5) is 0 Å². The summed E-state index contributed by atoms with van der Waals surface area (Å²) in [6.07, 6.45) is 3.83. The van der Waals surface area contributed by atoms with E-state index in [-0.39, 0.29) is 35.2 Å². The van der Waals surface area contributed by atoms with E-state index in [9.17, 15) is 4.79 Å². The molecule has 0 spiro atoms. The molecule has 1 heterocycles. The number of benzene rings is 1. The van der Waals surface area contributed by atoms with Crippen molar-refractivity contribution >= 4 is 36.9 Å². The minimum atomic E-state index is -1.89. The van der Waals surface area contributed by atoms with E-state index in [0.29, 0.717) is 5.56 Å². The Morgan fingerprint density at radius 1 is 1.15 bits per heavy atom. The average Bonchev–Trinajstić information content (AvgIpc) is 3.04. The van der Waals surface area contributed by atoms with Gasteiger partial charge in [0, 0.05) is 10.5 Å². The minimum absolute atomic E-state index is 0.0462. The quantitative estimate of drug-likeness (QED) is 0.0936. The molecular weight excluding hydrogens is 559 g/mol. The van der Waals surface area contributed by atoms with E-state index in [4.69, 9.17) is 18.6 Å². The molecule has 1 aliphatic rings. The van der Waals surface area contributed by atoms with Gasteiger partial charge in [-0.1, -0.05) is 74.6 Å². The second-order valence-corrected chi connectivity index (χ2v) is 17.0. The fraction of sp³-hybridized carbons (Fsp3) is 0.667. The Morgan fingerprint density at radius 3 is 2.32 bits per heavy atom. The number of carbonyl (C=O) groups is 1. The van der Waals surface area contributed by atoms with Crippen molar-refractivity contribution in [1.29, 1.82) is 0 Å². The van der Waals surface area contributed by atoms with Crippen LogP contribution in [0.25, 0.3) is 0 Å². The summed E-state index contributed by atoms with van der Waals surface area (Å²) in [6.45, 7) is 19.4. The van der Waals surface area contributed by atoms with Crippen molar-refractivity contribution in [2.45, 2.75) is 103 Å². The third-order valence-electron chi connectivity index (χ3n) is 6.82. The van der Waals surface area contributed by atoms with Gasteiger partial charge in [-0.15, -0.1) is 0 Å². The van der Waals surface area contributed by atoms with Crippen LogP contribution in [-0.2, 0) is 18.6 Å². The smallest absolute Gasteiger partial charge is 0.338 e. The molecule has 0 aliphatic carbocycles. The monoisotopic (exact) mass is 602 g/mol. The number of ether oxygens (including phenoxy) is 3. The van der Waals surface area contributed by atoms with Gasteiger partial charge in [-0.3, -0.25) is 0 Å². The Balaban J connectivity index is 2.24. The third kappa shape index (κ3) is 8.15. The van der Waals surface area contributed by atoms with E-state index < -0.39 is 20.2 Å². The largest absolute Gasteiger partial charge is 0.452 e.